The van der Waals surface area contributed by atoms with Gasteiger partial charge in [-0.2, -0.15) is 8.78 Å². The Kier molecular flexibility index (Phi) is 10.8. The molecule has 24 heavy (non-hydrogen) atoms. The Morgan fingerprint density at radius 3 is 2.58 bits per heavy atom. The molecule has 0 aliphatic rings. The summed E-state index contributed by atoms with van der Waals surface area (Å²) >= 11 is 0. The number of halogens is 3. The second kappa shape index (κ2) is 11.4. The summed E-state index contributed by atoms with van der Waals surface area (Å²) in [5.41, 5.74) is 0.483. The number of hydrogen-bond acceptors (Lipinski definition) is 4. The number of guanidine groups is 1. The van der Waals surface area contributed by atoms with Crippen LogP contribution in [-0.4, -0.2) is 39.8 Å². The molecule has 0 atom stereocenters. The molecule has 0 aliphatic carbocycles. The van der Waals surface area contributed by atoms with Crippen LogP contribution in [0.15, 0.2) is 29.3 Å². The van der Waals surface area contributed by atoms with Gasteiger partial charge in [0.15, 0.2) is 5.96 Å². The van der Waals surface area contributed by atoms with Crippen molar-refractivity contribution in [2.75, 3.05) is 18.8 Å². The number of benzene rings is 1. The molecule has 0 aliphatic heterocycles. The average Bonchev–Trinajstić information content (AvgIpc) is 2.44. The van der Waals surface area contributed by atoms with E-state index in [1.54, 1.807) is 18.2 Å². The van der Waals surface area contributed by atoms with Crippen LogP contribution in [0, 0.1) is 0 Å². The first-order valence-electron chi connectivity index (χ1n) is 6.87. The summed E-state index contributed by atoms with van der Waals surface area (Å²) in [6.07, 6.45) is 0. The molecule has 7 nitrogen and oxygen atoms in total. The average molecular weight is 478 g/mol. The predicted octanol–water partition coefficient (Wildman–Crippen LogP) is 1.25. The third kappa shape index (κ3) is 9.82. The van der Waals surface area contributed by atoms with Crippen LogP contribution in [0.25, 0.3) is 0 Å². The molecular formula is C13H21F2IN4O3S. The molecule has 0 saturated heterocycles. The number of nitrogens with one attached hydrogen (secondary N) is 2. The summed E-state index contributed by atoms with van der Waals surface area (Å²) in [5.74, 6) is 0.150. The Balaban J connectivity index is 0.00000529. The molecule has 0 heterocycles. The summed E-state index contributed by atoms with van der Waals surface area (Å²) in [5, 5.41) is 10.6. The summed E-state index contributed by atoms with van der Waals surface area (Å²) in [6.45, 7) is -0.351. The zero-order valence-corrected chi connectivity index (χ0v) is 16.2. The maximum atomic E-state index is 12.3. The lowest BCUT2D eigenvalue weighted by atomic mass is 10.2. The summed E-state index contributed by atoms with van der Waals surface area (Å²) in [7, 11) is -3.57. The van der Waals surface area contributed by atoms with E-state index in [0.29, 0.717) is 18.1 Å². The standard InChI is InChI=1S/C13H20F2N4O3S.HI/c1-2-17-13(18-7-8-23(16,20)21)19-9-10-5-3-4-6-11(10)22-12(14)15;/h3-6,12H,2,7-9H2,1H3,(H2,16,20,21)(H2,17,18,19);1H. The van der Waals surface area contributed by atoms with Crippen molar-refractivity contribution in [3.63, 3.8) is 0 Å². The highest BCUT2D eigenvalue weighted by Crippen LogP contribution is 2.20. The number of ether oxygens (including phenoxy) is 1. The van der Waals surface area contributed by atoms with Crippen molar-refractivity contribution in [1.82, 2.24) is 10.6 Å². The highest BCUT2D eigenvalue weighted by Gasteiger charge is 2.09. The van der Waals surface area contributed by atoms with Crippen LogP contribution in [-0.2, 0) is 16.6 Å². The number of aliphatic imine (C=N–C) groups is 1. The van der Waals surface area contributed by atoms with Crippen molar-refractivity contribution in [2.45, 2.75) is 20.1 Å². The highest BCUT2D eigenvalue weighted by atomic mass is 127. The molecule has 0 bridgehead atoms. The number of alkyl halides is 2. The van der Waals surface area contributed by atoms with E-state index in [9.17, 15) is 17.2 Å². The first-order chi connectivity index (χ1) is 10.8. The lowest BCUT2D eigenvalue weighted by Crippen LogP contribution is -2.40. The molecule has 0 spiro atoms. The normalized spacial score (nSPS) is 11.8. The molecule has 1 rings (SSSR count). The zero-order chi connectivity index (χ0) is 17.3. The Bertz CT molecular complexity index is 629. The van der Waals surface area contributed by atoms with Crippen LogP contribution in [0.1, 0.15) is 12.5 Å². The van der Waals surface area contributed by atoms with E-state index >= 15 is 0 Å². The summed E-state index contributed by atoms with van der Waals surface area (Å²) in [6, 6.07) is 6.32. The number of primary sulfonamides is 1. The number of rotatable bonds is 8. The van der Waals surface area contributed by atoms with Crippen LogP contribution in [0.5, 0.6) is 5.75 Å². The third-order valence-corrected chi connectivity index (χ3v) is 3.39. The molecule has 1 aromatic carbocycles. The van der Waals surface area contributed by atoms with Gasteiger partial charge in [0.25, 0.3) is 0 Å². The van der Waals surface area contributed by atoms with Gasteiger partial charge < -0.3 is 15.4 Å². The Hall–Kier alpha value is -1.21. The molecular weight excluding hydrogens is 457 g/mol. The lowest BCUT2D eigenvalue weighted by molar-refractivity contribution is -0.0504. The molecule has 11 heteroatoms. The minimum absolute atomic E-state index is 0. The number of hydrogen-bond donors (Lipinski definition) is 3. The van der Waals surface area contributed by atoms with Gasteiger partial charge in [-0.05, 0) is 13.0 Å². The molecule has 0 radical (unpaired) electrons. The van der Waals surface area contributed by atoms with Crippen molar-refractivity contribution >= 4 is 40.0 Å². The van der Waals surface area contributed by atoms with Gasteiger partial charge in [-0.25, -0.2) is 18.5 Å². The molecule has 0 unspecified atom stereocenters. The summed E-state index contributed by atoms with van der Waals surface area (Å²) < 4.78 is 50.9. The minimum Gasteiger partial charge on any atom is -0.434 e. The van der Waals surface area contributed by atoms with E-state index < -0.39 is 16.6 Å². The molecule has 138 valence electrons. The van der Waals surface area contributed by atoms with E-state index in [2.05, 4.69) is 20.4 Å². The van der Waals surface area contributed by atoms with Gasteiger partial charge in [-0.1, -0.05) is 18.2 Å². The van der Waals surface area contributed by atoms with Crippen LogP contribution in [0.2, 0.25) is 0 Å². The van der Waals surface area contributed by atoms with Crippen molar-refractivity contribution < 1.29 is 21.9 Å². The van der Waals surface area contributed by atoms with Crippen LogP contribution in [0.3, 0.4) is 0 Å². The van der Waals surface area contributed by atoms with E-state index in [4.69, 9.17) is 5.14 Å². The Morgan fingerprint density at radius 2 is 2.00 bits per heavy atom. The fourth-order valence-corrected chi connectivity index (χ4v) is 2.05. The minimum atomic E-state index is -3.57. The van der Waals surface area contributed by atoms with E-state index in [1.165, 1.54) is 6.07 Å². The molecule has 1 aromatic rings. The number of sulfonamides is 1. The van der Waals surface area contributed by atoms with Crippen molar-refractivity contribution in [3.8, 4) is 5.75 Å². The van der Waals surface area contributed by atoms with Gasteiger partial charge in [0.05, 0.1) is 12.3 Å². The molecule has 4 N–H and O–H groups in total. The first kappa shape index (κ1) is 22.8. The van der Waals surface area contributed by atoms with E-state index in [0.717, 1.165) is 0 Å². The van der Waals surface area contributed by atoms with Gasteiger partial charge in [-0.15, -0.1) is 24.0 Å². The first-order valence-corrected chi connectivity index (χ1v) is 8.58. The number of para-hydroxylation sites is 1. The van der Waals surface area contributed by atoms with Crippen LogP contribution >= 0.6 is 24.0 Å². The van der Waals surface area contributed by atoms with Gasteiger partial charge in [0.1, 0.15) is 5.75 Å². The topological polar surface area (TPSA) is 106 Å². The van der Waals surface area contributed by atoms with E-state index in [1.807, 2.05) is 6.92 Å². The van der Waals surface area contributed by atoms with Crippen LogP contribution in [0.4, 0.5) is 8.78 Å². The van der Waals surface area contributed by atoms with Gasteiger partial charge in [0, 0.05) is 18.7 Å². The van der Waals surface area contributed by atoms with Gasteiger partial charge >= 0.3 is 6.61 Å². The third-order valence-electron chi connectivity index (χ3n) is 2.62. The predicted molar refractivity (Wildman–Crippen MR) is 99.3 cm³/mol. The number of nitrogens with two attached hydrogens (primary N) is 1. The van der Waals surface area contributed by atoms with Crippen molar-refractivity contribution in [1.29, 1.82) is 0 Å². The summed E-state index contributed by atoms with van der Waals surface area (Å²) in [4.78, 5) is 4.21. The smallest absolute Gasteiger partial charge is 0.387 e. The molecule has 0 aromatic heterocycles. The fraction of sp³-hybridized carbons (Fsp3) is 0.462. The van der Waals surface area contributed by atoms with Crippen molar-refractivity contribution in [3.05, 3.63) is 29.8 Å². The highest BCUT2D eigenvalue weighted by molar-refractivity contribution is 14.0. The molecule has 0 saturated carbocycles. The quantitative estimate of drug-likeness (QED) is 0.297. The second-order valence-corrected chi connectivity index (χ2v) is 6.21. The second-order valence-electron chi connectivity index (χ2n) is 4.48. The molecule has 0 amide bonds. The zero-order valence-electron chi connectivity index (χ0n) is 13.0. The Morgan fingerprint density at radius 1 is 1.33 bits per heavy atom. The van der Waals surface area contributed by atoms with Crippen LogP contribution < -0.4 is 20.5 Å². The van der Waals surface area contributed by atoms with Gasteiger partial charge in [-0.3, -0.25) is 0 Å². The largest absolute Gasteiger partial charge is 0.434 e. The molecule has 0 fully saturated rings. The van der Waals surface area contributed by atoms with E-state index in [-0.39, 0.29) is 48.6 Å². The number of nitrogens with zero attached hydrogens (tertiary/aromatic N) is 1. The maximum Gasteiger partial charge on any atom is 0.387 e. The fourth-order valence-electron chi connectivity index (χ4n) is 1.66. The SMILES string of the molecule is CCNC(=NCc1ccccc1OC(F)F)NCCS(N)(=O)=O.I. The monoisotopic (exact) mass is 478 g/mol. The van der Waals surface area contributed by atoms with Crippen molar-refractivity contribution in [2.24, 2.45) is 10.1 Å². The Labute approximate surface area is 157 Å². The van der Waals surface area contributed by atoms with Gasteiger partial charge in [0.2, 0.25) is 10.0 Å². The lowest BCUT2D eigenvalue weighted by Gasteiger charge is -2.12. The maximum absolute atomic E-state index is 12.3.